The molecule has 0 spiro atoms. The summed E-state index contributed by atoms with van der Waals surface area (Å²) in [5, 5.41) is 0.379. The number of halogens is 2. The molecule has 32 heavy (non-hydrogen) atoms. The standard InChI is InChI=1S/C25H22F2N2OS2/c1-17-9-11-20(12-10-17)31-13-5-8-23(30)29(16-18-6-3-2-4-7-18)25-28-24-21(27)14-19(26)15-22(24)32-25/h2-4,6-7,9-12,14-15H,5,8,13,16H2,1H3. The quantitative estimate of drug-likeness (QED) is 0.206. The van der Waals surface area contributed by atoms with Gasteiger partial charge in [-0.25, -0.2) is 13.8 Å². The van der Waals surface area contributed by atoms with Crippen LogP contribution in [0.15, 0.2) is 71.6 Å². The van der Waals surface area contributed by atoms with Gasteiger partial charge < -0.3 is 0 Å². The normalized spacial score (nSPS) is 11.1. The molecule has 3 aromatic carbocycles. The summed E-state index contributed by atoms with van der Waals surface area (Å²) in [6.07, 6.45) is 1.05. The molecular formula is C25H22F2N2OS2. The summed E-state index contributed by atoms with van der Waals surface area (Å²) in [4.78, 5) is 20.2. The van der Waals surface area contributed by atoms with Gasteiger partial charge in [0, 0.05) is 17.4 Å². The smallest absolute Gasteiger partial charge is 0.229 e. The number of aromatic nitrogens is 1. The SMILES string of the molecule is Cc1ccc(SCCCC(=O)N(Cc2ccccc2)c2nc3c(F)cc(F)cc3s2)cc1. The van der Waals surface area contributed by atoms with Crippen molar-refractivity contribution in [3.63, 3.8) is 0 Å². The first-order valence-electron chi connectivity index (χ1n) is 10.3. The van der Waals surface area contributed by atoms with Crippen molar-refractivity contribution in [2.24, 2.45) is 0 Å². The summed E-state index contributed by atoms with van der Waals surface area (Å²) in [6.45, 7) is 2.38. The lowest BCUT2D eigenvalue weighted by atomic mass is 10.2. The second-order valence-electron chi connectivity index (χ2n) is 7.46. The van der Waals surface area contributed by atoms with E-state index < -0.39 is 11.6 Å². The van der Waals surface area contributed by atoms with Crippen LogP contribution in [0, 0.1) is 18.6 Å². The summed E-state index contributed by atoms with van der Waals surface area (Å²) in [6, 6.07) is 20.0. The Morgan fingerprint density at radius 1 is 1.06 bits per heavy atom. The van der Waals surface area contributed by atoms with E-state index in [2.05, 4.69) is 36.2 Å². The fourth-order valence-corrected chi connectivity index (χ4v) is 5.15. The number of amides is 1. The van der Waals surface area contributed by atoms with Crippen LogP contribution in [0.25, 0.3) is 10.2 Å². The molecule has 0 aliphatic heterocycles. The number of fused-ring (bicyclic) bond motifs is 1. The number of hydrogen-bond donors (Lipinski definition) is 0. The number of benzene rings is 3. The number of anilines is 1. The minimum absolute atomic E-state index is 0.0849. The lowest BCUT2D eigenvalue weighted by molar-refractivity contribution is -0.118. The molecule has 0 saturated carbocycles. The summed E-state index contributed by atoms with van der Waals surface area (Å²) in [7, 11) is 0. The van der Waals surface area contributed by atoms with Crippen LogP contribution in [0.4, 0.5) is 13.9 Å². The molecule has 0 bridgehead atoms. The molecule has 4 aromatic rings. The third-order valence-electron chi connectivity index (χ3n) is 4.94. The molecule has 1 amide bonds. The Labute approximate surface area is 194 Å². The van der Waals surface area contributed by atoms with E-state index >= 15 is 0 Å². The van der Waals surface area contributed by atoms with E-state index in [0.29, 0.717) is 29.2 Å². The number of hydrogen-bond acceptors (Lipinski definition) is 4. The fourth-order valence-electron chi connectivity index (χ4n) is 3.27. The van der Waals surface area contributed by atoms with E-state index in [1.54, 1.807) is 16.7 Å². The van der Waals surface area contributed by atoms with Gasteiger partial charge in [0.05, 0.1) is 11.2 Å². The summed E-state index contributed by atoms with van der Waals surface area (Å²) in [5.41, 5.74) is 2.25. The molecule has 0 unspecified atom stereocenters. The summed E-state index contributed by atoms with van der Waals surface area (Å²) in [5.74, 6) is -0.644. The van der Waals surface area contributed by atoms with Gasteiger partial charge in [0.15, 0.2) is 10.9 Å². The highest BCUT2D eigenvalue weighted by atomic mass is 32.2. The Morgan fingerprint density at radius 3 is 2.56 bits per heavy atom. The molecule has 0 aliphatic carbocycles. The van der Waals surface area contributed by atoms with Crippen molar-refractivity contribution in [1.29, 1.82) is 0 Å². The zero-order valence-electron chi connectivity index (χ0n) is 17.6. The predicted octanol–water partition coefficient (Wildman–Crippen LogP) is 6.99. The lowest BCUT2D eigenvalue weighted by Crippen LogP contribution is -2.30. The maximum Gasteiger partial charge on any atom is 0.229 e. The van der Waals surface area contributed by atoms with E-state index in [1.807, 2.05) is 30.3 Å². The predicted molar refractivity (Wildman–Crippen MR) is 128 cm³/mol. The van der Waals surface area contributed by atoms with E-state index in [4.69, 9.17) is 0 Å². The fraction of sp³-hybridized carbons (Fsp3) is 0.200. The number of nitrogens with zero attached hydrogens (tertiary/aromatic N) is 2. The van der Waals surface area contributed by atoms with Crippen molar-refractivity contribution in [3.05, 3.63) is 89.5 Å². The van der Waals surface area contributed by atoms with E-state index in [0.717, 1.165) is 28.7 Å². The highest BCUT2D eigenvalue weighted by Crippen LogP contribution is 2.32. The maximum absolute atomic E-state index is 14.2. The minimum atomic E-state index is -0.718. The highest BCUT2D eigenvalue weighted by Gasteiger charge is 2.21. The third-order valence-corrected chi connectivity index (χ3v) is 7.07. The van der Waals surface area contributed by atoms with Crippen LogP contribution >= 0.6 is 23.1 Å². The van der Waals surface area contributed by atoms with E-state index in [1.165, 1.54) is 16.5 Å². The minimum Gasteiger partial charge on any atom is -0.284 e. The van der Waals surface area contributed by atoms with E-state index in [9.17, 15) is 13.6 Å². The molecule has 3 nitrogen and oxygen atoms in total. The third kappa shape index (κ3) is 5.53. The largest absolute Gasteiger partial charge is 0.284 e. The van der Waals surface area contributed by atoms with Gasteiger partial charge in [0.25, 0.3) is 0 Å². The molecule has 0 atom stereocenters. The lowest BCUT2D eigenvalue weighted by Gasteiger charge is -2.20. The average molecular weight is 469 g/mol. The molecule has 1 heterocycles. The van der Waals surface area contributed by atoms with Gasteiger partial charge in [-0.1, -0.05) is 59.4 Å². The zero-order valence-corrected chi connectivity index (χ0v) is 19.2. The van der Waals surface area contributed by atoms with Crippen molar-refractivity contribution in [2.45, 2.75) is 31.2 Å². The first kappa shape index (κ1) is 22.4. The molecule has 0 saturated heterocycles. The number of carbonyl (C=O) groups excluding carboxylic acids is 1. The summed E-state index contributed by atoms with van der Waals surface area (Å²) < 4.78 is 28.2. The van der Waals surface area contributed by atoms with Crippen LogP contribution in [0.3, 0.4) is 0 Å². The molecule has 164 valence electrons. The zero-order chi connectivity index (χ0) is 22.5. The highest BCUT2D eigenvalue weighted by molar-refractivity contribution is 7.99. The molecule has 4 rings (SSSR count). The maximum atomic E-state index is 14.2. The van der Waals surface area contributed by atoms with Crippen LogP contribution < -0.4 is 4.90 Å². The van der Waals surface area contributed by atoms with Gasteiger partial charge in [-0.15, -0.1) is 11.8 Å². The van der Waals surface area contributed by atoms with Crippen molar-refractivity contribution < 1.29 is 13.6 Å². The van der Waals surface area contributed by atoms with Crippen molar-refractivity contribution >= 4 is 44.4 Å². The first-order valence-corrected chi connectivity index (χ1v) is 12.1. The van der Waals surface area contributed by atoms with E-state index in [-0.39, 0.29) is 11.4 Å². The van der Waals surface area contributed by atoms with Crippen molar-refractivity contribution in [1.82, 2.24) is 4.98 Å². The second-order valence-corrected chi connectivity index (χ2v) is 9.64. The molecule has 1 aromatic heterocycles. The number of rotatable bonds is 8. The Hall–Kier alpha value is -2.77. The second kappa shape index (κ2) is 10.2. The molecular weight excluding hydrogens is 446 g/mol. The Bertz CT molecular complexity index is 1210. The van der Waals surface area contributed by atoms with Gasteiger partial charge in [-0.2, -0.15) is 0 Å². The van der Waals surface area contributed by atoms with Gasteiger partial charge in [-0.3, -0.25) is 9.69 Å². The van der Waals surface area contributed by atoms with Gasteiger partial charge in [0.1, 0.15) is 11.3 Å². The number of thiazole rings is 1. The first-order chi connectivity index (χ1) is 15.5. The molecule has 0 fully saturated rings. The van der Waals surface area contributed by atoms with Gasteiger partial charge >= 0.3 is 0 Å². The van der Waals surface area contributed by atoms with Crippen LogP contribution in [0.5, 0.6) is 0 Å². The molecule has 0 aliphatic rings. The number of aryl methyl sites for hydroxylation is 1. The summed E-state index contributed by atoms with van der Waals surface area (Å²) >= 11 is 2.84. The average Bonchev–Trinajstić information content (AvgIpc) is 3.21. The Morgan fingerprint density at radius 2 is 1.81 bits per heavy atom. The van der Waals surface area contributed by atoms with Crippen LogP contribution in [0.2, 0.25) is 0 Å². The Kier molecular flexibility index (Phi) is 7.17. The van der Waals surface area contributed by atoms with Crippen molar-refractivity contribution in [2.75, 3.05) is 10.7 Å². The number of carbonyl (C=O) groups is 1. The van der Waals surface area contributed by atoms with Crippen molar-refractivity contribution in [3.8, 4) is 0 Å². The van der Waals surface area contributed by atoms with Crippen LogP contribution in [-0.2, 0) is 11.3 Å². The topological polar surface area (TPSA) is 33.2 Å². The molecule has 0 N–H and O–H groups in total. The molecule has 7 heteroatoms. The van der Waals surface area contributed by atoms with Crippen LogP contribution in [0.1, 0.15) is 24.0 Å². The van der Waals surface area contributed by atoms with Gasteiger partial charge in [0.2, 0.25) is 5.91 Å². The Balaban J connectivity index is 1.49. The van der Waals surface area contributed by atoms with Gasteiger partial charge in [-0.05, 0) is 42.9 Å². The number of thioether (sulfide) groups is 1. The van der Waals surface area contributed by atoms with Crippen LogP contribution in [-0.4, -0.2) is 16.6 Å². The monoisotopic (exact) mass is 468 g/mol. The molecule has 0 radical (unpaired) electrons.